The third kappa shape index (κ3) is 3.55. The minimum atomic E-state index is -2.89. The van der Waals surface area contributed by atoms with Crippen LogP contribution in [0.1, 0.15) is 25.7 Å². The lowest BCUT2D eigenvalue weighted by Gasteiger charge is -2.21. The van der Waals surface area contributed by atoms with Gasteiger partial charge in [0.2, 0.25) is 0 Å². The third-order valence-electron chi connectivity index (χ3n) is 2.56. The Bertz CT molecular complexity index is 245. The second-order valence-corrected chi connectivity index (χ2v) is 6.08. The van der Waals surface area contributed by atoms with E-state index in [1.165, 1.54) is 0 Å². The van der Waals surface area contributed by atoms with Crippen LogP contribution >= 0.6 is 0 Å². The molecule has 0 unspecified atom stereocenters. The Kier molecular flexibility index (Phi) is 4.84. The third-order valence-corrected chi connectivity index (χ3v) is 4.90. The normalized spacial score (nSPS) is 19.8. The lowest BCUT2D eigenvalue weighted by atomic mass is 10.2. The van der Waals surface area contributed by atoms with Crippen molar-refractivity contribution in [1.82, 2.24) is 0 Å². The molecule has 2 N–H and O–H groups in total. The zero-order valence-corrected chi connectivity index (χ0v) is 9.26. The van der Waals surface area contributed by atoms with Crippen molar-refractivity contribution in [3.05, 3.63) is 0 Å². The van der Waals surface area contributed by atoms with Crippen LogP contribution in [0.4, 0.5) is 0 Å². The minimum Gasteiger partial charge on any atom is -0.381 e. The summed E-state index contributed by atoms with van der Waals surface area (Å²) in [6.07, 6.45) is 2.80. The Labute approximate surface area is 85.7 Å². The number of nitrogens with two attached hydrogens (primary N) is 1. The second kappa shape index (κ2) is 5.68. The first-order chi connectivity index (χ1) is 6.67. The maximum absolute atomic E-state index is 11.8. The monoisotopic (exact) mass is 221 g/mol. The zero-order valence-electron chi connectivity index (χ0n) is 8.44. The number of unbranched alkanes of at least 4 members (excludes halogenated alkanes) is 1. The highest BCUT2D eigenvalue weighted by Gasteiger charge is 2.26. The summed E-state index contributed by atoms with van der Waals surface area (Å²) in [6.45, 7) is 1.74. The highest BCUT2D eigenvalue weighted by molar-refractivity contribution is 7.92. The van der Waals surface area contributed by atoms with E-state index in [1.807, 2.05) is 0 Å². The molecular weight excluding hydrogens is 202 g/mol. The summed E-state index contributed by atoms with van der Waals surface area (Å²) in [7, 11) is -2.89. The minimum absolute atomic E-state index is 0.172. The van der Waals surface area contributed by atoms with Gasteiger partial charge in [-0.1, -0.05) is 0 Å². The average Bonchev–Trinajstić information content (AvgIpc) is 2.19. The molecule has 0 saturated carbocycles. The van der Waals surface area contributed by atoms with E-state index >= 15 is 0 Å². The Morgan fingerprint density at radius 2 is 1.86 bits per heavy atom. The lowest BCUT2D eigenvalue weighted by molar-refractivity contribution is 0.0983. The van der Waals surface area contributed by atoms with Gasteiger partial charge in [0.25, 0.3) is 0 Å². The van der Waals surface area contributed by atoms with E-state index in [4.69, 9.17) is 10.5 Å². The maximum atomic E-state index is 11.8. The zero-order chi connectivity index (χ0) is 10.4. The standard InChI is InChI=1S/C9H19NO3S/c10-5-1-2-8-14(11,12)9-3-6-13-7-4-9/h9H,1-8,10H2. The molecule has 1 aliphatic heterocycles. The molecule has 5 heteroatoms. The van der Waals surface area contributed by atoms with Crippen molar-refractivity contribution in [2.75, 3.05) is 25.5 Å². The summed E-state index contributed by atoms with van der Waals surface area (Å²) in [6, 6.07) is 0. The molecule has 0 aromatic rings. The van der Waals surface area contributed by atoms with E-state index in [2.05, 4.69) is 0 Å². The van der Waals surface area contributed by atoms with E-state index in [1.54, 1.807) is 0 Å². The van der Waals surface area contributed by atoms with Crippen LogP contribution in [0.2, 0.25) is 0 Å². The van der Waals surface area contributed by atoms with Gasteiger partial charge < -0.3 is 10.5 Å². The van der Waals surface area contributed by atoms with Gasteiger partial charge in [-0.25, -0.2) is 8.42 Å². The van der Waals surface area contributed by atoms with Gasteiger partial charge in [-0.05, 0) is 32.2 Å². The van der Waals surface area contributed by atoms with Crippen LogP contribution in [0.3, 0.4) is 0 Å². The quantitative estimate of drug-likeness (QED) is 0.679. The molecule has 0 aromatic heterocycles. The largest absolute Gasteiger partial charge is 0.381 e. The van der Waals surface area contributed by atoms with E-state index < -0.39 is 9.84 Å². The van der Waals surface area contributed by atoms with Gasteiger partial charge in [0.1, 0.15) is 0 Å². The van der Waals surface area contributed by atoms with Crippen LogP contribution in [-0.2, 0) is 14.6 Å². The Morgan fingerprint density at radius 1 is 1.21 bits per heavy atom. The molecule has 1 fully saturated rings. The second-order valence-electron chi connectivity index (χ2n) is 3.67. The molecule has 0 radical (unpaired) electrons. The topological polar surface area (TPSA) is 69.4 Å². The molecule has 0 aromatic carbocycles. The molecule has 0 atom stereocenters. The predicted octanol–water partition coefficient (Wildman–Crippen LogP) is 0.319. The number of hydrogen-bond acceptors (Lipinski definition) is 4. The van der Waals surface area contributed by atoms with Crippen molar-refractivity contribution in [3.63, 3.8) is 0 Å². The fourth-order valence-electron chi connectivity index (χ4n) is 1.65. The molecular formula is C9H19NO3S. The van der Waals surface area contributed by atoms with E-state index in [9.17, 15) is 8.42 Å². The molecule has 1 saturated heterocycles. The van der Waals surface area contributed by atoms with Crippen molar-refractivity contribution >= 4 is 9.84 Å². The number of rotatable bonds is 5. The number of ether oxygens (including phenoxy) is 1. The summed E-state index contributed by atoms with van der Waals surface area (Å²) < 4.78 is 28.7. The molecule has 1 heterocycles. The van der Waals surface area contributed by atoms with Gasteiger partial charge in [0.15, 0.2) is 9.84 Å². The van der Waals surface area contributed by atoms with Crippen molar-refractivity contribution in [2.24, 2.45) is 5.73 Å². The fourth-order valence-corrected chi connectivity index (χ4v) is 3.50. The number of sulfone groups is 1. The summed E-state index contributed by atoms with van der Waals surface area (Å²) in [5.74, 6) is 0.287. The van der Waals surface area contributed by atoms with Crippen LogP contribution in [0.5, 0.6) is 0 Å². The summed E-state index contributed by atoms with van der Waals surface area (Å²) in [5, 5.41) is -0.172. The lowest BCUT2D eigenvalue weighted by Crippen LogP contribution is -2.30. The molecule has 1 aliphatic rings. The fraction of sp³-hybridized carbons (Fsp3) is 1.00. The Hall–Kier alpha value is -0.130. The van der Waals surface area contributed by atoms with Gasteiger partial charge in [-0.3, -0.25) is 0 Å². The van der Waals surface area contributed by atoms with Crippen LogP contribution < -0.4 is 5.73 Å². The molecule has 14 heavy (non-hydrogen) atoms. The van der Waals surface area contributed by atoms with Gasteiger partial charge in [-0.2, -0.15) is 0 Å². The van der Waals surface area contributed by atoms with Crippen molar-refractivity contribution in [1.29, 1.82) is 0 Å². The molecule has 84 valence electrons. The smallest absolute Gasteiger partial charge is 0.153 e. The summed E-state index contributed by atoms with van der Waals surface area (Å²) in [4.78, 5) is 0. The molecule has 4 nitrogen and oxygen atoms in total. The van der Waals surface area contributed by atoms with Crippen LogP contribution in [0.15, 0.2) is 0 Å². The Balaban J connectivity index is 2.38. The first-order valence-electron chi connectivity index (χ1n) is 5.16. The number of hydrogen-bond donors (Lipinski definition) is 1. The summed E-state index contributed by atoms with van der Waals surface area (Å²) >= 11 is 0. The average molecular weight is 221 g/mol. The van der Waals surface area contributed by atoms with E-state index in [0.717, 1.165) is 6.42 Å². The van der Waals surface area contributed by atoms with Gasteiger partial charge in [0.05, 0.1) is 11.0 Å². The highest BCUT2D eigenvalue weighted by atomic mass is 32.2. The molecule has 1 rings (SSSR count). The van der Waals surface area contributed by atoms with Crippen LogP contribution in [0.25, 0.3) is 0 Å². The van der Waals surface area contributed by atoms with Crippen LogP contribution in [-0.4, -0.2) is 39.2 Å². The first-order valence-corrected chi connectivity index (χ1v) is 6.88. The molecule has 0 bridgehead atoms. The molecule has 0 amide bonds. The van der Waals surface area contributed by atoms with Gasteiger partial charge >= 0.3 is 0 Å². The van der Waals surface area contributed by atoms with Crippen molar-refractivity contribution in [2.45, 2.75) is 30.9 Å². The molecule has 0 aliphatic carbocycles. The first kappa shape index (κ1) is 11.9. The molecule has 0 spiro atoms. The Morgan fingerprint density at radius 3 is 2.43 bits per heavy atom. The van der Waals surface area contributed by atoms with Crippen LogP contribution in [0, 0.1) is 0 Å². The van der Waals surface area contributed by atoms with E-state index in [0.29, 0.717) is 39.0 Å². The van der Waals surface area contributed by atoms with Crippen molar-refractivity contribution in [3.8, 4) is 0 Å². The SMILES string of the molecule is NCCCCS(=O)(=O)C1CCOCC1. The predicted molar refractivity (Wildman–Crippen MR) is 55.9 cm³/mol. The van der Waals surface area contributed by atoms with Gasteiger partial charge in [0, 0.05) is 13.2 Å². The summed E-state index contributed by atoms with van der Waals surface area (Å²) in [5.41, 5.74) is 5.32. The van der Waals surface area contributed by atoms with Crippen molar-refractivity contribution < 1.29 is 13.2 Å². The van der Waals surface area contributed by atoms with Gasteiger partial charge in [-0.15, -0.1) is 0 Å². The van der Waals surface area contributed by atoms with E-state index in [-0.39, 0.29) is 11.0 Å². The maximum Gasteiger partial charge on any atom is 0.153 e. The highest BCUT2D eigenvalue weighted by Crippen LogP contribution is 2.17.